The smallest absolute Gasteiger partial charge is 0.293 e. The van der Waals surface area contributed by atoms with E-state index in [-0.39, 0.29) is 17.3 Å². The van der Waals surface area contributed by atoms with Gasteiger partial charge in [-0.3, -0.25) is 19.8 Å². The molecule has 1 amide bonds. The molecule has 0 aliphatic rings. The van der Waals surface area contributed by atoms with E-state index in [9.17, 15) is 14.9 Å². The first kappa shape index (κ1) is 22.0. The molecule has 0 bridgehead atoms. The Balaban J connectivity index is 1.93. The average Bonchev–Trinajstić information content (AvgIpc) is 2.76. The minimum atomic E-state index is -0.660. The van der Waals surface area contributed by atoms with Gasteiger partial charge in [0.15, 0.2) is 0 Å². The molecule has 1 atom stereocenters. The zero-order valence-electron chi connectivity index (χ0n) is 17.7. The number of anilines is 1. The Morgan fingerprint density at radius 3 is 2.45 bits per heavy atom. The normalized spacial score (nSPS) is 11.7. The van der Waals surface area contributed by atoms with Gasteiger partial charge in [0.1, 0.15) is 17.5 Å². The van der Waals surface area contributed by atoms with Crippen LogP contribution >= 0.6 is 0 Å². The molecule has 0 saturated carbocycles. The number of hydrogen-bond acceptors (Lipinski definition) is 5. The third-order valence-corrected chi connectivity index (χ3v) is 5.02. The molecule has 0 spiro atoms. The molecule has 3 rings (SSSR count). The van der Waals surface area contributed by atoms with Crippen LogP contribution in [0.5, 0.6) is 5.75 Å². The summed E-state index contributed by atoms with van der Waals surface area (Å²) in [5.41, 5.74) is 2.51. The van der Waals surface area contributed by atoms with Crippen molar-refractivity contribution in [3.63, 3.8) is 0 Å². The summed E-state index contributed by atoms with van der Waals surface area (Å²) in [7, 11) is 3.45. The van der Waals surface area contributed by atoms with Crippen LogP contribution in [-0.4, -0.2) is 29.9 Å². The quantitative estimate of drug-likeness (QED) is 0.422. The van der Waals surface area contributed by atoms with E-state index in [0.717, 1.165) is 22.4 Å². The summed E-state index contributed by atoms with van der Waals surface area (Å²) in [5.74, 6) is 0.381. The molecular weight excluding hydrogens is 394 g/mol. The maximum absolute atomic E-state index is 13.4. The second kappa shape index (κ2) is 9.86. The van der Waals surface area contributed by atoms with Gasteiger partial charge in [0.25, 0.3) is 5.69 Å². The van der Waals surface area contributed by atoms with Crippen LogP contribution in [-0.2, 0) is 11.3 Å². The maximum Gasteiger partial charge on any atom is 0.293 e. The zero-order chi connectivity index (χ0) is 22.4. The molecule has 31 heavy (non-hydrogen) atoms. The molecule has 3 aromatic carbocycles. The fraction of sp³-hybridized carbons (Fsp3) is 0.208. The summed E-state index contributed by atoms with van der Waals surface area (Å²) in [6.07, 6.45) is 0. The van der Waals surface area contributed by atoms with Gasteiger partial charge in [-0.2, -0.15) is 0 Å². The highest BCUT2D eigenvalue weighted by molar-refractivity contribution is 5.97. The first-order chi connectivity index (χ1) is 14.9. The van der Waals surface area contributed by atoms with Gasteiger partial charge in [-0.1, -0.05) is 54.6 Å². The molecule has 0 radical (unpaired) electrons. The van der Waals surface area contributed by atoms with Crippen LogP contribution < -0.4 is 10.1 Å². The van der Waals surface area contributed by atoms with E-state index in [2.05, 4.69) is 5.32 Å². The van der Waals surface area contributed by atoms with Crippen molar-refractivity contribution < 1.29 is 14.5 Å². The number of rotatable bonds is 8. The lowest BCUT2D eigenvalue weighted by Gasteiger charge is -2.28. The van der Waals surface area contributed by atoms with E-state index in [1.165, 1.54) is 6.07 Å². The fourth-order valence-electron chi connectivity index (χ4n) is 3.53. The van der Waals surface area contributed by atoms with Crippen molar-refractivity contribution in [3.05, 3.63) is 99.6 Å². The molecule has 160 valence electrons. The first-order valence-corrected chi connectivity index (χ1v) is 9.83. The Bertz CT molecular complexity index is 1070. The molecule has 0 saturated heterocycles. The molecule has 7 nitrogen and oxygen atoms in total. The molecular formula is C24H25N3O4. The third-order valence-electron chi connectivity index (χ3n) is 5.02. The zero-order valence-corrected chi connectivity index (χ0v) is 17.7. The van der Waals surface area contributed by atoms with E-state index in [4.69, 9.17) is 4.74 Å². The van der Waals surface area contributed by atoms with E-state index in [0.29, 0.717) is 6.54 Å². The highest BCUT2D eigenvalue weighted by atomic mass is 16.6. The number of carbonyl (C=O) groups is 1. The minimum Gasteiger partial charge on any atom is -0.496 e. The lowest BCUT2D eigenvalue weighted by Crippen LogP contribution is -2.34. The Kier molecular flexibility index (Phi) is 6.99. The summed E-state index contributed by atoms with van der Waals surface area (Å²) < 4.78 is 5.44. The topological polar surface area (TPSA) is 84.7 Å². The molecule has 0 fully saturated rings. The molecule has 7 heteroatoms. The summed E-state index contributed by atoms with van der Waals surface area (Å²) >= 11 is 0. The summed E-state index contributed by atoms with van der Waals surface area (Å²) in [6, 6.07) is 21.0. The van der Waals surface area contributed by atoms with Crippen molar-refractivity contribution in [2.45, 2.75) is 19.5 Å². The van der Waals surface area contributed by atoms with Crippen LogP contribution in [0.15, 0.2) is 72.8 Å². The van der Waals surface area contributed by atoms with Gasteiger partial charge in [0, 0.05) is 18.2 Å². The molecule has 0 heterocycles. The van der Waals surface area contributed by atoms with E-state index in [1.807, 2.05) is 66.5 Å². The molecule has 1 unspecified atom stereocenters. The number of amides is 1. The molecule has 0 aliphatic carbocycles. The summed E-state index contributed by atoms with van der Waals surface area (Å²) in [6.45, 7) is 2.22. The number of ether oxygens (including phenoxy) is 1. The summed E-state index contributed by atoms with van der Waals surface area (Å²) in [5, 5.41) is 14.2. The lowest BCUT2D eigenvalue weighted by molar-refractivity contribution is -0.384. The van der Waals surface area contributed by atoms with E-state index >= 15 is 0 Å². The van der Waals surface area contributed by atoms with Gasteiger partial charge in [-0.15, -0.1) is 0 Å². The van der Waals surface area contributed by atoms with Crippen LogP contribution in [0.25, 0.3) is 0 Å². The Morgan fingerprint density at radius 2 is 1.77 bits per heavy atom. The largest absolute Gasteiger partial charge is 0.496 e. The van der Waals surface area contributed by atoms with Gasteiger partial charge < -0.3 is 10.1 Å². The SMILES string of the molecule is COc1ccccc1CN(C)C(C(=O)Nc1ccc(C)cc1[N+](=O)[O-])c1ccccc1. The highest BCUT2D eigenvalue weighted by Crippen LogP contribution is 2.29. The molecule has 0 aromatic heterocycles. The fourth-order valence-corrected chi connectivity index (χ4v) is 3.53. The Morgan fingerprint density at radius 1 is 1.10 bits per heavy atom. The Hall–Kier alpha value is -3.71. The first-order valence-electron chi connectivity index (χ1n) is 9.83. The van der Waals surface area contributed by atoms with Gasteiger partial charge in [-0.25, -0.2) is 0 Å². The van der Waals surface area contributed by atoms with Gasteiger partial charge in [-0.05, 0) is 37.2 Å². The van der Waals surface area contributed by atoms with Crippen LogP contribution in [0.1, 0.15) is 22.7 Å². The predicted molar refractivity (Wildman–Crippen MR) is 120 cm³/mol. The monoisotopic (exact) mass is 419 g/mol. The standard InChI is InChI=1S/C24H25N3O4/c1-17-13-14-20(21(15-17)27(29)30)25-24(28)23(18-9-5-4-6-10-18)26(2)16-19-11-7-8-12-22(19)31-3/h4-15,23H,16H2,1-3H3,(H,25,28). The highest BCUT2D eigenvalue weighted by Gasteiger charge is 2.28. The number of likely N-dealkylation sites (N-methyl/N-ethyl adjacent to an activating group) is 1. The van der Waals surface area contributed by atoms with E-state index < -0.39 is 11.0 Å². The molecule has 1 N–H and O–H groups in total. The van der Waals surface area contributed by atoms with Gasteiger partial charge in [0.05, 0.1) is 12.0 Å². The lowest BCUT2D eigenvalue weighted by atomic mass is 10.0. The number of hydrogen-bond donors (Lipinski definition) is 1. The van der Waals surface area contributed by atoms with Crippen molar-refractivity contribution >= 4 is 17.3 Å². The van der Waals surface area contributed by atoms with Crippen molar-refractivity contribution in [2.75, 3.05) is 19.5 Å². The second-order valence-electron chi connectivity index (χ2n) is 7.31. The second-order valence-corrected chi connectivity index (χ2v) is 7.31. The van der Waals surface area contributed by atoms with Gasteiger partial charge in [0.2, 0.25) is 5.91 Å². The number of benzene rings is 3. The van der Waals surface area contributed by atoms with Crippen molar-refractivity contribution in [2.24, 2.45) is 0 Å². The number of nitro groups is 1. The third kappa shape index (κ3) is 5.26. The predicted octanol–water partition coefficient (Wildman–Crippen LogP) is 4.72. The number of aryl methyl sites for hydroxylation is 1. The number of para-hydroxylation sites is 1. The number of nitro benzene ring substituents is 1. The molecule has 0 aliphatic heterocycles. The Labute approximate surface area is 181 Å². The minimum absolute atomic E-state index is 0.132. The van der Waals surface area contributed by atoms with Gasteiger partial charge >= 0.3 is 0 Å². The van der Waals surface area contributed by atoms with E-state index in [1.54, 1.807) is 26.2 Å². The van der Waals surface area contributed by atoms with Crippen LogP contribution in [0, 0.1) is 17.0 Å². The van der Waals surface area contributed by atoms with Crippen LogP contribution in [0.2, 0.25) is 0 Å². The van der Waals surface area contributed by atoms with Crippen LogP contribution in [0.3, 0.4) is 0 Å². The van der Waals surface area contributed by atoms with Crippen molar-refractivity contribution in [3.8, 4) is 5.75 Å². The molecule has 3 aromatic rings. The number of nitrogens with zero attached hydrogens (tertiary/aromatic N) is 2. The maximum atomic E-state index is 13.4. The number of nitrogens with one attached hydrogen (secondary N) is 1. The van der Waals surface area contributed by atoms with Crippen molar-refractivity contribution in [1.82, 2.24) is 4.90 Å². The number of carbonyl (C=O) groups excluding carboxylic acids is 1. The number of methoxy groups -OCH3 is 1. The summed E-state index contributed by atoms with van der Waals surface area (Å²) in [4.78, 5) is 26.2. The van der Waals surface area contributed by atoms with Crippen LogP contribution in [0.4, 0.5) is 11.4 Å². The average molecular weight is 419 g/mol. The van der Waals surface area contributed by atoms with Crippen molar-refractivity contribution in [1.29, 1.82) is 0 Å².